The predicted octanol–water partition coefficient (Wildman–Crippen LogP) is 3.10. The molecule has 2 rings (SSSR count). The molecule has 1 heterocycles. The van der Waals surface area contributed by atoms with Gasteiger partial charge in [-0.3, -0.25) is 4.79 Å². The molecule has 2 aromatic rings. The highest BCUT2D eigenvalue weighted by Gasteiger charge is 2.06. The molecule has 0 aliphatic heterocycles. The summed E-state index contributed by atoms with van der Waals surface area (Å²) < 4.78 is 2.23. The molecule has 84 valence electrons. The molecule has 0 bridgehead atoms. The van der Waals surface area contributed by atoms with Gasteiger partial charge >= 0.3 is 0 Å². The summed E-state index contributed by atoms with van der Waals surface area (Å²) in [6.07, 6.45) is 2.70. The Morgan fingerprint density at radius 3 is 2.75 bits per heavy atom. The monoisotopic (exact) mass is 215 g/mol. The first-order valence-electron chi connectivity index (χ1n) is 5.69. The third-order valence-electron chi connectivity index (χ3n) is 2.94. The van der Waals surface area contributed by atoms with Crippen LogP contribution in [0.4, 0.5) is 0 Å². The van der Waals surface area contributed by atoms with Crippen LogP contribution in [-0.2, 0) is 17.8 Å². The van der Waals surface area contributed by atoms with Gasteiger partial charge in [-0.25, -0.2) is 0 Å². The van der Waals surface area contributed by atoms with Crippen LogP contribution in [0.3, 0.4) is 0 Å². The largest absolute Gasteiger partial charge is 0.347 e. The first-order chi connectivity index (χ1) is 7.61. The van der Waals surface area contributed by atoms with Crippen LogP contribution in [-0.4, -0.2) is 10.4 Å². The number of carbonyl (C=O) groups excluding carboxylic acids is 1. The minimum atomic E-state index is 0.214. The van der Waals surface area contributed by atoms with E-state index in [1.54, 1.807) is 6.92 Å². The number of nitrogens with zero attached hydrogens (tertiary/aromatic N) is 1. The van der Waals surface area contributed by atoms with E-state index in [4.69, 9.17) is 0 Å². The van der Waals surface area contributed by atoms with Gasteiger partial charge in [0, 0.05) is 30.1 Å². The lowest BCUT2D eigenvalue weighted by molar-refractivity contribution is -0.116. The van der Waals surface area contributed by atoms with Gasteiger partial charge in [0.2, 0.25) is 0 Å². The second kappa shape index (κ2) is 4.12. The van der Waals surface area contributed by atoms with Crippen LogP contribution in [0.25, 0.3) is 10.9 Å². The van der Waals surface area contributed by atoms with Gasteiger partial charge in [0.05, 0.1) is 0 Å². The molecule has 0 saturated heterocycles. The Bertz CT molecular complexity index is 537. The second-order valence-corrected chi connectivity index (χ2v) is 4.33. The lowest BCUT2D eigenvalue weighted by Gasteiger charge is -2.03. The summed E-state index contributed by atoms with van der Waals surface area (Å²) in [5, 5.41) is 1.29. The Balaban J connectivity index is 2.55. The van der Waals surface area contributed by atoms with Crippen molar-refractivity contribution in [2.75, 3.05) is 0 Å². The minimum absolute atomic E-state index is 0.214. The molecule has 1 aromatic carbocycles. The normalized spacial score (nSPS) is 10.9. The van der Waals surface area contributed by atoms with Crippen LogP contribution in [0.5, 0.6) is 0 Å². The van der Waals surface area contributed by atoms with Gasteiger partial charge in [-0.05, 0) is 38.0 Å². The van der Waals surface area contributed by atoms with Gasteiger partial charge in [-0.2, -0.15) is 0 Å². The number of rotatable bonds is 3. The standard InChI is InChI=1S/C14H17NO/c1-4-15-9-10(2)13-6-5-12(7-11(3)16)8-14(13)15/h5-6,8-9H,4,7H2,1-3H3. The summed E-state index contributed by atoms with van der Waals surface area (Å²) in [4.78, 5) is 11.1. The first kappa shape index (κ1) is 10.9. The van der Waals surface area contributed by atoms with Crippen LogP contribution in [0, 0.1) is 6.92 Å². The number of hydrogen-bond acceptors (Lipinski definition) is 1. The van der Waals surface area contributed by atoms with Crippen LogP contribution in [0.1, 0.15) is 25.0 Å². The number of aryl methyl sites for hydroxylation is 2. The van der Waals surface area contributed by atoms with Crippen molar-refractivity contribution in [3.63, 3.8) is 0 Å². The molecule has 0 unspecified atom stereocenters. The highest BCUT2D eigenvalue weighted by molar-refractivity contribution is 5.86. The first-order valence-corrected chi connectivity index (χ1v) is 5.69. The zero-order valence-corrected chi connectivity index (χ0v) is 10.1. The maximum Gasteiger partial charge on any atom is 0.134 e. The van der Waals surface area contributed by atoms with Gasteiger partial charge in [-0.15, -0.1) is 0 Å². The third kappa shape index (κ3) is 1.87. The SMILES string of the molecule is CCn1cc(C)c2ccc(CC(C)=O)cc21. The minimum Gasteiger partial charge on any atom is -0.347 e. The molecule has 0 amide bonds. The van der Waals surface area contributed by atoms with Gasteiger partial charge in [0.1, 0.15) is 5.78 Å². The van der Waals surface area contributed by atoms with Crippen molar-refractivity contribution < 1.29 is 4.79 Å². The van der Waals surface area contributed by atoms with E-state index in [1.165, 1.54) is 16.5 Å². The van der Waals surface area contributed by atoms with Gasteiger partial charge in [0.25, 0.3) is 0 Å². The number of hydrogen-bond donors (Lipinski definition) is 0. The lowest BCUT2D eigenvalue weighted by atomic mass is 10.1. The van der Waals surface area contributed by atoms with E-state index in [1.807, 2.05) is 0 Å². The molecule has 0 aliphatic carbocycles. The molecule has 0 radical (unpaired) electrons. The Hall–Kier alpha value is -1.57. The van der Waals surface area contributed by atoms with E-state index in [0.717, 1.165) is 12.1 Å². The number of aromatic nitrogens is 1. The van der Waals surface area contributed by atoms with Crippen LogP contribution in [0.2, 0.25) is 0 Å². The van der Waals surface area contributed by atoms with Crippen molar-refractivity contribution in [1.29, 1.82) is 0 Å². The quantitative estimate of drug-likeness (QED) is 0.771. The average molecular weight is 215 g/mol. The Morgan fingerprint density at radius 2 is 2.12 bits per heavy atom. The van der Waals surface area contributed by atoms with E-state index in [0.29, 0.717) is 6.42 Å². The molecule has 2 nitrogen and oxygen atoms in total. The average Bonchev–Trinajstić information content (AvgIpc) is 2.54. The van der Waals surface area contributed by atoms with E-state index in [2.05, 4.69) is 42.8 Å². The van der Waals surface area contributed by atoms with Gasteiger partial charge in [-0.1, -0.05) is 12.1 Å². The fourth-order valence-corrected chi connectivity index (χ4v) is 2.18. The highest BCUT2D eigenvalue weighted by Crippen LogP contribution is 2.22. The van der Waals surface area contributed by atoms with Crippen molar-refractivity contribution in [1.82, 2.24) is 4.57 Å². The molecule has 16 heavy (non-hydrogen) atoms. The molecule has 0 saturated carbocycles. The summed E-state index contributed by atoms with van der Waals surface area (Å²) in [5.41, 5.74) is 3.64. The number of Topliss-reactive ketones (excluding diaryl/α,β-unsaturated/α-hetero) is 1. The molecule has 1 aromatic heterocycles. The summed E-state index contributed by atoms with van der Waals surface area (Å²) in [5.74, 6) is 0.214. The van der Waals surface area contributed by atoms with Crippen molar-refractivity contribution in [3.8, 4) is 0 Å². The molecular formula is C14H17NO. The summed E-state index contributed by atoms with van der Waals surface area (Å²) in [6.45, 7) is 6.86. The van der Waals surface area contributed by atoms with E-state index >= 15 is 0 Å². The van der Waals surface area contributed by atoms with Crippen LogP contribution >= 0.6 is 0 Å². The zero-order valence-electron chi connectivity index (χ0n) is 10.1. The van der Waals surface area contributed by atoms with Crippen molar-refractivity contribution >= 4 is 16.7 Å². The van der Waals surface area contributed by atoms with Crippen LogP contribution < -0.4 is 0 Å². The fourth-order valence-electron chi connectivity index (χ4n) is 2.18. The van der Waals surface area contributed by atoms with Crippen LogP contribution in [0.15, 0.2) is 24.4 Å². The molecule has 0 fully saturated rings. The summed E-state index contributed by atoms with van der Waals surface area (Å²) in [7, 11) is 0. The maximum absolute atomic E-state index is 11.1. The predicted molar refractivity (Wildman–Crippen MR) is 66.7 cm³/mol. The fraction of sp³-hybridized carbons (Fsp3) is 0.357. The Morgan fingerprint density at radius 1 is 1.38 bits per heavy atom. The van der Waals surface area contributed by atoms with Gasteiger partial charge < -0.3 is 4.57 Å². The Labute approximate surface area is 95.9 Å². The Kier molecular flexibility index (Phi) is 2.82. The molecule has 0 N–H and O–H groups in total. The van der Waals surface area contributed by atoms with Crippen molar-refractivity contribution in [2.24, 2.45) is 0 Å². The molecule has 0 spiro atoms. The lowest BCUT2D eigenvalue weighted by Crippen LogP contribution is -1.97. The summed E-state index contributed by atoms with van der Waals surface area (Å²) >= 11 is 0. The molecule has 0 aliphatic rings. The van der Waals surface area contributed by atoms with Crippen molar-refractivity contribution in [2.45, 2.75) is 33.7 Å². The molecular weight excluding hydrogens is 198 g/mol. The smallest absolute Gasteiger partial charge is 0.134 e. The number of fused-ring (bicyclic) bond motifs is 1. The van der Waals surface area contributed by atoms with E-state index in [-0.39, 0.29) is 5.78 Å². The van der Waals surface area contributed by atoms with Crippen molar-refractivity contribution in [3.05, 3.63) is 35.5 Å². The second-order valence-electron chi connectivity index (χ2n) is 4.33. The molecule has 2 heteroatoms. The maximum atomic E-state index is 11.1. The van der Waals surface area contributed by atoms with Gasteiger partial charge in [0.15, 0.2) is 0 Å². The summed E-state index contributed by atoms with van der Waals surface area (Å²) in [6, 6.07) is 6.30. The third-order valence-corrected chi connectivity index (χ3v) is 2.94. The zero-order chi connectivity index (χ0) is 11.7. The molecule has 0 atom stereocenters. The van der Waals surface area contributed by atoms with E-state index in [9.17, 15) is 4.79 Å². The highest BCUT2D eigenvalue weighted by atomic mass is 16.1. The number of ketones is 1. The van der Waals surface area contributed by atoms with E-state index < -0.39 is 0 Å². The topological polar surface area (TPSA) is 22.0 Å². The number of carbonyl (C=O) groups is 1. The number of benzene rings is 1.